The van der Waals surface area contributed by atoms with Crippen LogP contribution in [0.25, 0.3) is 0 Å². The molecule has 0 bridgehead atoms. The minimum atomic E-state index is 0.313. The maximum atomic E-state index is 6.29. The number of rotatable bonds is 3. The Kier molecular flexibility index (Phi) is 4.38. The molecule has 0 saturated heterocycles. The van der Waals surface area contributed by atoms with E-state index >= 15 is 0 Å². The number of ether oxygens (including phenoxy) is 1. The van der Waals surface area contributed by atoms with Crippen molar-refractivity contribution >= 4 is 5.69 Å². The second-order valence-electron chi connectivity index (χ2n) is 6.52. The van der Waals surface area contributed by atoms with Gasteiger partial charge in [0.05, 0.1) is 5.69 Å². The van der Waals surface area contributed by atoms with Gasteiger partial charge in [0.2, 0.25) is 0 Å². The van der Waals surface area contributed by atoms with E-state index in [0.29, 0.717) is 17.9 Å². The lowest BCUT2D eigenvalue weighted by Crippen LogP contribution is -2.36. The fraction of sp³-hybridized carbons (Fsp3) is 0.647. The standard InChI is InChI=1S/C17H27NO/c1-11(2)14-7-5-12(3)9-16(14)19-17-10-13(4)6-8-15(17)18/h6,8,10-12,14,16H,5,7,9,18H2,1-4H3. The predicted molar refractivity (Wildman–Crippen MR) is 81.4 cm³/mol. The van der Waals surface area contributed by atoms with E-state index in [-0.39, 0.29) is 0 Å². The zero-order chi connectivity index (χ0) is 14.0. The molecule has 2 heteroatoms. The monoisotopic (exact) mass is 261 g/mol. The maximum absolute atomic E-state index is 6.29. The molecule has 2 rings (SSSR count). The third-order valence-corrected chi connectivity index (χ3v) is 4.41. The van der Waals surface area contributed by atoms with Crippen LogP contribution in [0.3, 0.4) is 0 Å². The van der Waals surface area contributed by atoms with Crippen molar-refractivity contribution in [1.29, 1.82) is 0 Å². The van der Waals surface area contributed by atoms with Gasteiger partial charge in [-0.1, -0.05) is 33.3 Å². The van der Waals surface area contributed by atoms with Crippen molar-refractivity contribution in [2.24, 2.45) is 17.8 Å². The molecule has 1 fully saturated rings. The first-order valence-corrected chi connectivity index (χ1v) is 7.50. The molecule has 0 radical (unpaired) electrons. The Hall–Kier alpha value is -1.18. The zero-order valence-electron chi connectivity index (χ0n) is 12.6. The number of hydrogen-bond donors (Lipinski definition) is 1. The summed E-state index contributed by atoms with van der Waals surface area (Å²) >= 11 is 0. The van der Waals surface area contributed by atoms with Crippen LogP contribution in [0.5, 0.6) is 5.75 Å². The largest absolute Gasteiger partial charge is 0.488 e. The molecule has 0 aliphatic heterocycles. The topological polar surface area (TPSA) is 35.2 Å². The lowest BCUT2D eigenvalue weighted by molar-refractivity contribution is 0.0465. The molecule has 1 aliphatic carbocycles. The van der Waals surface area contributed by atoms with Crippen molar-refractivity contribution in [3.05, 3.63) is 23.8 Å². The first kappa shape index (κ1) is 14.2. The molecule has 0 aromatic heterocycles. The van der Waals surface area contributed by atoms with Gasteiger partial charge in [-0.2, -0.15) is 0 Å². The van der Waals surface area contributed by atoms with Gasteiger partial charge in [0.15, 0.2) is 0 Å². The molecule has 0 heterocycles. The van der Waals surface area contributed by atoms with Crippen LogP contribution in [-0.2, 0) is 0 Å². The summed E-state index contributed by atoms with van der Waals surface area (Å²) in [4.78, 5) is 0. The van der Waals surface area contributed by atoms with Crippen molar-refractivity contribution in [1.82, 2.24) is 0 Å². The minimum absolute atomic E-state index is 0.313. The van der Waals surface area contributed by atoms with Crippen LogP contribution in [0, 0.1) is 24.7 Å². The average Bonchev–Trinajstić information content (AvgIpc) is 2.33. The van der Waals surface area contributed by atoms with Crippen LogP contribution in [0.4, 0.5) is 5.69 Å². The number of anilines is 1. The van der Waals surface area contributed by atoms with Crippen molar-refractivity contribution in [3.63, 3.8) is 0 Å². The summed E-state index contributed by atoms with van der Waals surface area (Å²) in [7, 11) is 0. The Balaban J connectivity index is 2.16. The third-order valence-electron chi connectivity index (χ3n) is 4.41. The SMILES string of the molecule is Cc1ccc(N)c(OC2CC(C)CCC2C(C)C)c1. The van der Waals surface area contributed by atoms with E-state index < -0.39 is 0 Å². The summed E-state index contributed by atoms with van der Waals surface area (Å²) in [6.07, 6.45) is 4.06. The molecule has 2 nitrogen and oxygen atoms in total. The Morgan fingerprint density at radius 1 is 1.26 bits per heavy atom. The van der Waals surface area contributed by atoms with Gasteiger partial charge in [-0.25, -0.2) is 0 Å². The molecule has 1 saturated carbocycles. The van der Waals surface area contributed by atoms with E-state index in [2.05, 4.69) is 33.8 Å². The van der Waals surface area contributed by atoms with E-state index in [4.69, 9.17) is 10.5 Å². The van der Waals surface area contributed by atoms with Crippen molar-refractivity contribution in [3.8, 4) is 5.75 Å². The molecule has 1 aliphatic rings. The first-order chi connectivity index (χ1) is 8.97. The summed E-state index contributed by atoms with van der Waals surface area (Å²) in [6, 6.07) is 6.04. The molecule has 1 aromatic rings. The van der Waals surface area contributed by atoms with Crippen LogP contribution in [0.2, 0.25) is 0 Å². The quantitative estimate of drug-likeness (QED) is 0.818. The van der Waals surface area contributed by atoms with Gasteiger partial charge in [0.25, 0.3) is 0 Å². The van der Waals surface area contributed by atoms with E-state index in [1.807, 2.05) is 12.1 Å². The highest BCUT2D eigenvalue weighted by Gasteiger charge is 2.32. The van der Waals surface area contributed by atoms with Crippen LogP contribution >= 0.6 is 0 Å². The second-order valence-corrected chi connectivity index (χ2v) is 6.52. The normalized spacial score (nSPS) is 27.5. The zero-order valence-corrected chi connectivity index (χ0v) is 12.6. The number of aryl methyl sites for hydroxylation is 1. The van der Waals surface area contributed by atoms with Crippen molar-refractivity contribution in [2.45, 2.75) is 53.1 Å². The first-order valence-electron chi connectivity index (χ1n) is 7.50. The fourth-order valence-electron chi connectivity index (χ4n) is 3.16. The molecule has 0 spiro atoms. The van der Waals surface area contributed by atoms with Crippen LogP contribution in [0.1, 0.15) is 45.6 Å². The molecule has 1 aromatic carbocycles. The minimum Gasteiger partial charge on any atom is -0.488 e. The number of nitrogens with two attached hydrogens (primary N) is 1. The summed E-state index contributed by atoms with van der Waals surface area (Å²) in [5, 5.41) is 0. The molecule has 106 valence electrons. The van der Waals surface area contributed by atoms with Crippen LogP contribution < -0.4 is 10.5 Å². The van der Waals surface area contributed by atoms with Gasteiger partial charge in [-0.15, -0.1) is 0 Å². The van der Waals surface area contributed by atoms with Crippen LogP contribution in [-0.4, -0.2) is 6.10 Å². The van der Waals surface area contributed by atoms with E-state index in [9.17, 15) is 0 Å². The maximum Gasteiger partial charge on any atom is 0.142 e. The van der Waals surface area contributed by atoms with E-state index in [1.165, 1.54) is 18.4 Å². The van der Waals surface area contributed by atoms with E-state index in [0.717, 1.165) is 23.8 Å². The van der Waals surface area contributed by atoms with Crippen molar-refractivity contribution < 1.29 is 4.74 Å². The number of benzene rings is 1. The Labute approximate surface area is 117 Å². The Morgan fingerprint density at radius 3 is 2.68 bits per heavy atom. The molecule has 0 amide bonds. The van der Waals surface area contributed by atoms with Crippen molar-refractivity contribution in [2.75, 3.05) is 5.73 Å². The Morgan fingerprint density at radius 2 is 2.00 bits per heavy atom. The summed E-state index contributed by atoms with van der Waals surface area (Å²) in [5.41, 5.74) is 8.00. The fourth-order valence-corrected chi connectivity index (χ4v) is 3.16. The van der Waals surface area contributed by atoms with Gasteiger partial charge in [0.1, 0.15) is 11.9 Å². The summed E-state index contributed by atoms with van der Waals surface area (Å²) in [6.45, 7) is 9.01. The highest BCUT2D eigenvalue weighted by atomic mass is 16.5. The predicted octanol–water partition coefficient (Wildman–Crippen LogP) is 4.42. The summed E-state index contributed by atoms with van der Waals surface area (Å²) < 4.78 is 6.29. The van der Waals surface area contributed by atoms with Gasteiger partial charge in [-0.3, -0.25) is 0 Å². The lowest BCUT2D eigenvalue weighted by Gasteiger charge is -2.37. The van der Waals surface area contributed by atoms with Gasteiger partial charge < -0.3 is 10.5 Å². The third kappa shape index (κ3) is 3.43. The second kappa shape index (κ2) is 5.85. The molecule has 3 unspecified atom stereocenters. The van der Waals surface area contributed by atoms with Gasteiger partial charge in [-0.05, 0) is 55.2 Å². The molecular formula is C17H27NO. The van der Waals surface area contributed by atoms with Crippen LogP contribution in [0.15, 0.2) is 18.2 Å². The molecular weight excluding hydrogens is 234 g/mol. The number of hydrogen-bond acceptors (Lipinski definition) is 2. The van der Waals surface area contributed by atoms with Gasteiger partial charge >= 0.3 is 0 Å². The molecule has 19 heavy (non-hydrogen) atoms. The summed E-state index contributed by atoms with van der Waals surface area (Å²) in [5.74, 6) is 2.94. The van der Waals surface area contributed by atoms with Gasteiger partial charge in [0, 0.05) is 0 Å². The highest BCUT2D eigenvalue weighted by molar-refractivity contribution is 5.53. The lowest BCUT2D eigenvalue weighted by atomic mass is 9.75. The van der Waals surface area contributed by atoms with E-state index in [1.54, 1.807) is 0 Å². The smallest absolute Gasteiger partial charge is 0.142 e. The average molecular weight is 261 g/mol. The molecule has 2 N–H and O–H groups in total. The highest BCUT2D eigenvalue weighted by Crippen LogP contribution is 2.37. The Bertz CT molecular complexity index is 427. The molecule has 3 atom stereocenters. The number of nitrogen functional groups attached to an aromatic ring is 1.